The second-order valence-corrected chi connectivity index (χ2v) is 6.94. The lowest BCUT2D eigenvalue weighted by atomic mass is 10.2. The third-order valence-corrected chi connectivity index (χ3v) is 4.96. The number of halogens is 1. The predicted molar refractivity (Wildman–Crippen MR) is 99.8 cm³/mol. The lowest BCUT2D eigenvalue weighted by molar-refractivity contribution is -0.394. The number of carbonyl (C=O) groups is 1. The highest BCUT2D eigenvalue weighted by Crippen LogP contribution is 2.28. The zero-order chi connectivity index (χ0) is 22.0. The summed E-state index contributed by atoms with van der Waals surface area (Å²) in [5.74, 6) is -2.47. The summed E-state index contributed by atoms with van der Waals surface area (Å²) in [5.41, 5.74) is 0.681. The van der Waals surface area contributed by atoms with Crippen LogP contribution in [0.5, 0.6) is 0 Å². The summed E-state index contributed by atoms with van der Waals surface area (Å²) in [5, 5.41) is 37.4. The van der Waals surface area contributed by atoms with E-state index in [0.29, 0.717) is 5.69 Å². The summed E-state index contributed by atoms with van der Waals surface area (Å²) >= 11 is 0.877. The molecule has 0 aliphatic heterocycles. The van der Waals surface area contributed by atoms with Crippen molar-refractivity contribution in [2.75, 3.05) is 0 Å². The molecule has 0 N–H and O–H groups in total. The predicted octanol–water partition coefficient (Wildman–Crippen LogP) is 0.864. The Kier molecular flexibility index (Phi) is 5.36. The second kappa shape index (κ2) is 8.27. The van der Waals surface area contributed by atoms with Gasteiger partial charge in [0.2, 0.25) is 5.16 Å². The number of carboxylic acid groups (broad SMARTS) is 1. The molecule has 4 aromatic rings. The van der Waals surface area contributed by atoms with Crippen molar-refractivity contribution in [3.63, 3.8) is 0 Å². The largest absolute Gasteiger partial charge is 0.545 e. The molecule has 2 aromatic carbocycles. The van der Waals surface area contributed by atoms with Gasteiger partial charge < -0.3 is 20.0 Å². The average molecular weight is 441 g/mol. The van der Waals surface area contributed by atoms with Crippen molar-refractivity contribution in [1.29, 1.82) is 0 Å². The van der Waals surface area contributed by atoms with E-state index in [1.807, 2.05) is 0 Å². The normalized spacial score (nSPS) is 10.9. The first-order valence-electron chi connectivity index (χ1n) is 8.53. The number of carbonyl (C=O) groups excluding carboxylic acids is 1. The number of benzene rings is 2. The Morgan fingerprint density at radius 1 is 1.13 bits per heavy atom. The Labute approximate surface area is 176 Å². The van der Waals surface area contributed by atoms with E-state index < -0.39 is 22.7 Å². The SMILES string of the molecule is O=C([O-])c1ccc(-n2nnnc2Sc2nc([N+](=O)[O-])nn2Cc2ccccc2F)cc1. The van der Waals surface area contributed by atoms with Gasteiger partial charge in [-0.05, 0) is 44.1 Å². The molecule has 0 spiro atoms. The molecule has 0 aliphatic rings. The number of hydrogen-bond donors (Lipinski definition) is 0. The molecule has 2 aromatic heterocycles. The third-order valence-electron chi connectivity index (χ3n) is 4.04. The van der Waals surface area contributed by atoms with E-state index in [0.717, 1.165) is 11.8 Å². The van der Waals surface area contributed by atoms with Gasteiger partial charge in [0, 0.05) is 22.4 Å². The third kappa shape index (κ3) is 4.23. The zero-order valence-electron chi connectivity index (χ0n) is 15.3. The Hall–Kier alpha value is -4.20. The number of rotatable bonds is 7. The van der Waals surface area contributed by atoms with Gasteiger partial charge in [-0.1, -0.05) is 30.3 Å². The molecule has 0 fully saturated rings. The minimum absolute atomic E-state index is 0.0220. The number of carboxylic acids is 1. The Bertz CT molecular complexity index is 1270. The summed E-state index contributed by atoms with van der Waals surface area (Å²) in [6.07, 6.45) is 0. The van der Waals surface area contributed by atoms with Crippen LogP contribution in [0.15, 0.2) is 58.8 Å². The van der Waals surface area contributed by atoms with Gasteiger partial charge in [-0.3, -0.25) is 0 Å². The lowest BCUT2D eigenvalue weighted by Crippen LogP contribution is -2.22. The molecule has 0 radical (unpaired) electrons. The van der Waals surface area contributed by atoms with Gasteiger partial charge in [0.15, 0.2) is 0 Å². The lowest BCUT2D eigenvalue weighted by Gasteiger charge is -2.06. The summed E-state index contributed by atoms with van der Waals surface area (Å²) in [7, 11) is 0. The molecular formula is C17H10FN8O4S-. The molecule has 2 heterocycles. The van der Waals surface area contributed by atoms with E-state index in [2.05, 4.69) is 25.6 Å². The van der Waals surface area contributed by atoms with Crippen LogP contribution in [0, 0.1) is 15.9 Å². The summed E-state index contributed by atoms with van der Waals surface area (Å²) in [6.45, 7) is -0.0995. The van der Waals surface area contributed by atoms with Gasteiger partial charge >= 0.3 is 5.95 Å². The minimum Gasteiger partial charge on any atom is -0.545 e. The van der Waals surface area contributed by atoms with Crippen LogP contribution >= 0.6 is 11.8 Å². The molecule has 12 nitrogen and oxygen atoms in total. The molecule has 4 rings (SSSR count). The molecule has 0 amide bonds. The molecule has 31 heavy (non-hydrogen) atoms. The number of aromatic carboxylic acids is 1. The molecule has 0 saturated heterocycles. The monoisotopic (exact) mass is 441 g/mol. The number of aromatic nitrogens is 7. The highest BCUT2D eigenvalue weighted by atomic mass is 32.2. The van der Waals surface area contributed by atoms with E-state index >= 15 is 0 Å². The van der Waals surface area contributed by atoms with Crippen molar-refractivity contribution in [3.05, 3.63) is 75.6 Å². The van der Waals surface area contributed by atoms with Crippen LogP contribution in [0.1, 0.15) is 15.9 Å². The highest BCUT2D eigenvalue weighted by Gasteiger charge is 2.25. The van der Waals surface area contributed by atoms with E-state index in [-0.39, 0.29) is 28.0 Å². The second-order valence-electron chi connectivity index (χ2n) is 6.01. The highest BCUT2D eigenvalue weighted by molar-refractivity contribution is 7.99. The van der Waals surface area contributed by atoms with Gasteiger partial charge in [-0.15, -0.1) is 5.10 Å². The van der Waals surface area contributed by atoms with Gasteiger partial charge in [0.25, 0.3) is 5.16 Å². The van der Waals surface area contributed by atoms with Gasteiger partial charge in [0.05, 0.1) is 18.2 Å². The maximum absolute atomic E-state index is 14.0. The topological polar surface area (TPSA) is 158 Å². The first-order valence-corrected chi connectivity index (χ1v) is 9.34. The van der Waals surface area contributed by atoms with Crippen molar-refractivity contribution in [3.8, 4) is 5.69 Å². The summed E-state index contributed by atoms with van der Waals surface area (Å²) < 4.78 is 16.5. The maximum atomic E-state index is 14.0. The maximum Gasteiger partial charge on any atom is 0.492 e. The van der Waals surface area contributed by atoms with Crippen LogP contribution < -0.4 is 5.11 Å². The molecule has 14 heteroatoms. The first-order chi connectivity index (χ1) is 14.9. The van der Waals surface area contributed by atoms with E-state index in [4.69, 9.17) is 0 Å². The average Bonchev–Trinajstić information content (AvgIpc) is 3.37. The molecule has 0 aliphatic carbocycles. The van der Waals surface area contributed by atoms with Gasteiger partial charge in [-0.25, -0.2) is 4.39 Å². The van der Waals surface area contributed by atoms with Crippen LogP contribution in [0.25, 0.3) is 5.69 Å². The summed E-state index contributed by atoms with van der Waals surface area (Å²) in [4.78, 5) is 25.2. The number of nitrogens with zero attached hydrogens (tertiary/aromatic N) is 8. The fourth-order valence-electron chi connectivity index (χ4n) is 2.59. The number of nitro groups is 1. The number of hydrogen-bond acceptors (Lipinski definition) is 10. The molecule has 0 bridgehead atoms. The molecule has 0 unspecified atom stereocenters. The molecule has 0 atom stereocenters. The van der Waals surface area contributed by atoms with Crippen LogP contribution in [-0.4, -0.2) is 45.9 Å². The van der Waals surface area contributed by atoms with Crippen molar-refractivity contribution in [2.45, 2.75) is 16.9 Å². The quantitative estimate of drug-likeness (QED) is 0.297. The van der Waals surface area contributed by atoms with Crippen LogP contribution in [0.2, 0.25) is 0 Å². The summed E-state index contributed by atoms with van der Waals surface area (Å²) in [6, 6.07) is 11.5. The minimum atomic E-state index is -1.33. The standard InChI is InChI=1S/C17H11FN8O4S/c18-13-4-2-1-3-11(13)9-24-16(19-15(21-24)26(29)30)31-17-20-22-23-25(17)12-7-5-10(6-8-12)14(27)28/h1-8H,9H2,(H,27,28)/p-1. The fraction of sp³-hybridized carbons (Fsp3) is 0.0588. The van der Waals surface area contributed by atoms with Crippen molar-refractivity contribution < 1.29 is 19.2 Å². The molecular weight excluding hydrogens is 431 g/mol. The molecule has 0 saturated carbocycles. The Morgan fingerprint density at radius 2 is 1.87 bits per heavy atom. The van der Waals surface area contributed by atoms with E-state index in [1.54, 1.807) is 6.07 Å². The van der Waals surface area contributed by atoms with E-state index in [9.17, 15) is 24.4 Å². The van der Waals surface area contributed by atoms with Crippen molar-refractivity contribution >= 4 is 23.7 Å². The van der Waals surface area contributed by atoms with Crippen LogP contribution in [-0.2, 0) is 6.54 Å². The van der Waals surface area contributed by atoms with E-state index in [1.165, 1.54) is 51.8 Å². The number of tetrazole rings is 1. The van der Waals surface area contributed by atoms with Gasteiger partial charge in [0.1, 0.15) is 5.82 Å². The molecule has 156 valence electrons. The van der Waals surface area contributed by atoms with Crippen LogP contribution in [0.3, 0.4) is 0 Å². The first kappa shape index (κ1) is 20.1. The van der Waals surface area contributed by atoms with Crippen LogP contribution in [0.4, 0.5) is 10.3 Å². The zero-order valence-corrected chi connectivity index (χ0v) is 16.1. The fourth-order valence-corrected chi connectivity index (χ4v) is 3.39. The van der Waals surface area contributed by atoms with Gasteiger partial charge in [-0.2, -0.15) is 9.36 Å². The Morgan fingerprint density at radius 3 is 2.55 bits per heavy atom. The van der Waals surface area contributed by atoms with Crippen molar-refractivity contribution in [2.24, 2.45) is 0 Å². The smallest absolute Gasteiger partial charge is 0.492 e. The Balaban J connectivity index is 1.67. The van der Waals surface area contributed by atoms with Crippen molar-refractivity contribution in [1.82, 2.24) is 35.0 Å².